The van der Waals surface area contributed by atoms with Crippen LogP contribution in [-0.4, -0.2) is 32.8 Å². The van der Waals surface area contributed by atoms with E-state index < -0.39 is 11.4 Å². The molecule has 1 aliphatic carbocycles. The number of aliphatic hydroxyl groups is 1. The van der Waals surface area contributed by atoms with E-state index >= 15 is 0 Å². The largest absolute Gasteiger partial charge is 0.390 e. The van der Waals surface area contributed by atoms with Gasteiger partial charge in [-0.1, -0.05) is 22.8 Å². The molecule has 0 aliphatic heterocycles. The first-order chi connectivity index (χ1) is 13.3. The topological polar surface area (TPSA) is 73.3 Å². The lowest BCUT2D eigenvalue weighted by atomic mass is 9.77. The highest BCUT2D eigenvalue weighted by Crippen LogP contribution is 2.43. The molecule has 0 unspecified atom stereocenters. The van der Waals surface area contributed by atoms with Crippen LogP contribution in [0.1, 0.15) is 37.1 Å². The van der Waals surface area contributed by atoms with Crippen LogP contribution in [-0.2, 0) is 11.3 Å². The summed E-state index contributed by atoms with van der Waals surface area (Å²) in [7, 11) is 1.55. The van der Waals surface area contributed by atoms with Gasteiger partial charge in [-0.25, -0.2) is 4.39 Å². The zero-order valence-corrected chi connectivity index (χ0v) is 16.6. The van der Waals surface area contributed by atoms with Gasteiger partial charge >= 0.3 is 0 Å². The van der Waals surface area contributed by atoms with Crippen molar-refractivity contribution in [3.8, 4) is 22.6 Å². The maximum Gasteiger partial charge on any atom is 0.176 e. The third-order valence-corrected chi connectivity index (χ3v) is 5.58. The Hall–Kier alpha value is -2.22. The molecule has 1 N–H and O–H groups in total. The smallest absolute Gasteiger partial charge is 0.176 e. The Labute approximate surface area is 166 Å². The van der Waals surface area contributed by atoms with E-state index in [1.807, 2.05) is 18.5 Å². The van der Waals surface area contributed by atoms with Gasteiger partial charge in [0.1, 0.15) is 11.5 Å². The third kappa shape index (κ3) is 3.13. The Morgan fingerprint density at radius 1 is 1.43 bits per heavy atom. The SMILES string of the molecule is COCc1c(-c2c(F)cccc2Cl)noc1-c1cnn([C@H]2C[C@](C)(O)C2)c1C. The molecule has 0 radical (unpaired) electrons. The summed E-state index contributed by atoms with van der Waals surface area (Å²) in [5, 5.41) is 18.8. The Balaban J connectivity index is 1.78. The highest BCUT2D eigenvalue weighted by atomic mass is 35.5. The minimum absolute atomic E-state index is 0.137. The quantitative estimate of drug-likeness (QED) is 0.674. The lowest BCUT2D eigenvalue weighted by molar-refractivity contribution is -0.0548. The van der Waals surface area contributed by atoms with E-state index in [1.165, 1.54) is 6.07 Å². The van der Waals surface area contributed by atoms with Gasteiger partial charge in [0, 0.05) is 12.8 Å². The molecule has 0 atom stereocenters. The van der Waals surface area contributed by atoms with Crippen molar-refractivity contribution < 1.29 is 18.8 Å². The molecule has 1 aromatic carbocycles. The second kappa shape index (κ2) is 6.99. The molecular weight excluding hydrogens is 385 g/mol. The molecule has 1 fully saturated rings. The number of halogens is 2. The van der Waals surface area contributed by atoms with Gasteiger partial charge in [-0.3, -0.25) is 4.68 Å². The van der Waals surface area contributed by atoms with Gasteiger partial charge in [0.25, 0.3) is 0 Å². The van der Waals surface area contributed by atoms with E-state index in [9.17, 15) is 9.50 Å². The van der Waals surface area contributed by atoms with E-state index in [0.717, 1.165) is 11.3 Å². The van der Waals surface area contributed by atoms with Crippen molar-refractivity contribution in [2.45, 2.75) is 44.9 Å². The maximum atomic E-state index is 14.4. The van der Waals surface area contributed by atoms with Gasteiger partial charge in [0.15, 0.2) is 5.76 Å². The lowest BCUT2D eigenvalue weighted by Crippen LogP contribution is -2.42. The van der Waals surface area contributed by atoms with E-state index in [-0.39, 0.29) is 23.2 Å². The Morgan fingerprint density at radius 2 is 2.18 bits per heavy atom. The van der Waals surface area contributed by atoms with E-state index in [2.05, 4.69) is 10.3 Å². The minimum Gasteiger partial charge on any atom is -0.390 e. The van der Waals surface area contributed by atoms with Crippen LogP contribution in [0, 0.1) is 12.7 Å². The molecule has 4 rings (SSSR count). The highest BCUT2D eigenvalue weighted by molar-refractivity contribution is 6.33. The van der Waals surface area contributed by atoms with Crippen molar-refractivity contribution in [3.05, 3.63) is 46.5 Å². The summed E-state index contributed by atoms with van der Waals surface area (Å²) in [5.74, 6) is -0.000164. The van der Waals surface area contributed by atoms with Crippen LogP contribution in [0.3, 0.4) is 0 Å². The predicted octanol–water partition coefficient (Wildman–Crippen LogP) is 4.54. The van der Waals surface area contributed by atoms with Crippen molar-refractivity contribution in [1.29, 1.82) is 0 Å². The van der Waals surface area contributed by atoms with Crippen LogP contribution in [0.4, 0.5) is 4.39 Å². The van der Waals surface area contributed by atoms with E-state index in [1.54, 1.807) is 25.4 Å². The summed E-state index contributed by atoms with van der Waals surface area (Å²) in [4.78, 5) is 0. The predicted molar refractivity (Wildman–Crippen MR) is 102 cm³/mol. The van der Waals surface area contributed by atoms with Crippen LogP contribution >= 0.6 is 11.6 Å². The number of rotatable bonds is 5. The number of nitrogens with zero attached hydrogens (tertiary/aromatic N) is 3. The van der Waals surface area contributed by atoms with Gasteiger partial charge in [0.2, 0.25) is 0 Å². The van der Waals surface area contributed by atoms with Crippen molar-refractivity contribution in [1.82, 2.24) is 14.9 Å². The molecule has 6 nitrogen and oxygen atoms in total. The van der Waals surface area contributed by atoms with Crippen molar-refractivity contribution in [3.63, 3.8) is 0 Å². The van der Waals surface area contributed by atoms with E-state index in [0.29, 0.717) is 29.9 Å². The number of aromatic nitrogens is 3. The molecule has 2 heterocycles. The van der Waals surface area contributed by atoms with Gasteiger partial charge in [-0.05, 0) is 38.8 Å². The van der Waals surface area contributed by atoms with Crippen LogP contribution in [0.25, 0.3) is 22.6 Å². The van der Waals surface area contributed by atoms with Crippen molar-refractivity contribution in [2.75, 3.05) is 7.11 Å². The zero-order valence-electron chi connectivity index (χ0n) is 15.9. The van der Waals surface area contributed by atoms with Crippen LogP contribution in [0.15, 0.2) is 28.9 Å². The van der Waals surface area contributed by atoms with Crippen LogP contribution < -0.4 is 0 Å². The van der Waals surface area contributed by atoms with Gasteiger partial charge in [0.05, 0.1) is 46.2 Å². The maximum absolute atomic E-state index is 14.4. The van der Waals surface area contributed by atoms with Gasteiger partial charge in [-0.15, -0.1) is 0 Å². The monoisotopic (exact) mass is 405 g/mol. The molecule has 1 aliphatic rings. The Kier molecular flexibility index (Phi) is 4.77. The molecule has 28 heavy (non-hydrogen) atoms. The van der Waals surface area contributed by atoms with Crippen LogP contribution in [0.5, 0.6) is 0 Å². The molecule has 1 saturated carbocycles. The summed E-state index contributed by atoms with van der Waals surface area (Å²) in [6.45, 7) is 3.94. The van der Waals surface area contributed by atoms with Gasteiger partial charge in [-0.2, -0.15) is 5.10 Å². The Morgan fingerprint density at radius 3 is 2.82 bits per heavy atom. The summed E-state index contributed by atoms with van der Waals surface area (Å²) >= 11 is 6.22. The standard InChI is InChI=1S/C20H21ClFN3O3/c1-11-13(9-23-25(11)12-7-20(2,26)8-12)19-14(10-27-3)18(24-28-19)17-15(21)5-4-6-16(17)22/h4-6,9,12,26H,7-8,10H2,1-3H3/t12-,20-. The zero-order chi connectivity index (χ0) is 20.1. The fourth-order valence-corrected chi connectivity index (χ4v) is 4.11. The second-order valence-electron chi connectivity index (χ2n) is 7.52. The number of ether oxygens (including phenoxy) is 1. The Bertz CT molecular complexity index is 1000. The number of hydrogen-bond acceptors (Lipinski definition) is 5. The van der Waals surface area contributed by atoms with Crippen LogP contribution in [0.2, 0.25) is 5.02 Å². The molecular formula is C20H21ClFN3O3. The second-order valence-corrected chi connectivity index (χ2v) is 7.92. The molecule has 3 aromatic rings. The summed E-state index contributed by atoms with van der Waals surface area (Å²) in [6.07, 6.45) is 2.99. The average molecular weight is 406 g/mol. The molecule has 0 spiro atoms. The summed E-state index contributed by atoms with van der Waals surface area (Å²) < 4.78 is 27.3. The first-order valence-corrected chi connectivity index (χ1v) is 9.39. The first-order valence-electron chi connectivity index (χ1n) is 9.01. The molecule has 0 bridgehead atoms. The number of methoxy groups -OCH3 is 1. The van der Waals surface area contributed by atoms with Crippen molar-refractivity contribution in [2.24, 2.45) is 0 Å². The molecule has 0 saturated heterocycles. The number of hydrogen-bond donors (Lipinski definition) is 1. The highest BCUT2D eigenvalue weighted by Gasteiger charge is 2.41. The minimum atomic E-state index is -0.647. The summed E-state index contributed by atoms with van der Waals surface area (Å²) in [6, 6.07) is 4.62. The lowest BCUT2D eigenvalue weighted by Gasteiger charge is -2.41. The fourth-order valence-electron chi connectivity index (χ4n) is 3.86. The van der Waals surface area contributed by atoms with E-state index in [4.69, 9.17) is 20.9 Å². The molecule has 0 amide bonds. The normalized spacial score (nSPS) is 21.7. The molecule has 2 aromatic heterocycles. The number of benzene rings is 1. The third-order valence-electron chi connectivity index (χ3n) is 5.26. The first kappa shape index (κ1) is 19.1. The molecule has 8 heteroatoms. The van der Waals surface area contributed by atoms with Gasteiger partial charge < -0.3 is 14.4 Å². The summed E-state index contributed by atoms with van der Waals surface area (Å²) in [5.41, 5.74) is 2.11. The molecule has 148 valence electrons. The fraction of sp³-hybridized carbons (Fsp3) is 0.400. The van der Waals surface area contributed by atoms with Crippen molar-refractivity contribution >= 4 is 11.6 Å². The average Bonchev–Trinajstić information content (AvgIpc) is 3.17.